The highest BCUT2D eigenvalue weighted by molar-refractivity contribution is 7.13. The zero-order valence-corrected chi connectivity index (χ0v) is 19.8. The van der Waals surface area contributed by atoms with Crippen LogP contribution < -0.4 is 5.32 Å². The minimum Gasteiger partial charge on any atom is -0.349 e. The molecule has 1 amide bonds. The van der Waals surface area contributed by atoms with E-state index in [0.29, 0.717) is 11.5 Å². The molecule has 2 bridgehead atoms. The van der Waals surface area contributed by atoms with Crippen LogP contribution >= 0.6 is 11.3 Å². The molecule has 0 spiro atoms. The summed E-state index contributed by atoms with van der Waals surface area (Å²) in [6, 6.07) is 16.2. The lowest BCUT2D eigenvalue weighted by Gasteiger charge is -2.28. The Morgan fingerprint density at radius 1 is 1.15 bits per heavy atom. The van der Waals surface area contributed by atoms with Crippen molar-refractivity contribution in [2.24, 2.45) is 17.8 Å². The van der Waals surface area contributed by atoms with Crippen LogP contribution in [0.2, 0.25) is 0 Å². The standard InChI is InChI=1S/C27H28N4OS/c1-16(21-14-18-10-11-19(21)13-18)28-27(32)22-15-23(24-9-6-12-33-24)29-26-25(22)17(2)30-31(26)20-7-4-3-5-8-20/h3-9,12,15-16,18-19,21H,10-11,13-14H2,1-2H3,(H,28,32)/t16-,18+,19+,21-/m0/s1. The van der Waals surface area contributed by atoms with Gasteiger partial charge in [0.2, 0.25) is 0 Å². The fourth-order valence-corrected chi connectivity index (χ4v) is 6.75. The summed E-state index contributed by atoms with van der Waals surface area (Å²) in [5, 5.41) is 11.0. The first-order valence-electron chi connectivity index (χ1n) is 11.9. The van der Waals surface area contributed by atoms with Crippen LogP contribution in [0.3, 0.4) is 0 Å². The van der Waals surface area contributed by atoms with E-state index in [0.717, 1.165) is 44.8 Å². The molecule has 1 N–H and O–H groups in total. The lowest BCUT2D eigenvalue weighted by molar-refractivity contribution is 0.0917. The van der Waals surface area contributed by atoms with E-state index in [-0.39, 0.29) is 11.9 Å². The third-order valence-corrected chi connectivity index (χ3v) is 8.52. The molecule has 2 aliphatic rings. The number of aryl methyl sites for hydroxylation is 1. The number of amides is 1. The van der Waals surface area contributed by atoms with Crippen LogP contribution in [0.5, 0.6) is 0 Å². The second-order valence-electron chi connectivity index (χ2n) is 9.66. The van der Waals surface area contributed by atoms with Gasteiger partial charge in [-0.2, -0.15) is 5.10 Å². The van der Waals surface area contributed by atoms with Gasteiger partial charge in [0.1, 0.15) is 0 Å². The fraction of sp³-hybridized carbons (Fsp3) is 0.370. The molecule has 33 heavy (non-hydrogen) atoms. The number of hydrogen-bond acceptors (Lipinski definition) is 4. The predicted molar refractivity (Wildman–Crippen MR) is 133 cm³/mol. The molecule has 0 saturated heterocycles. The van der Waals surface area contributed by atoms with Gasteiger partial charge in [-0.3, -0.25) is 4.79 Å². The number of thiophene rings is 1. The predicted octanol–water partition coefficient (Wildman–Crippen LogP) is 6.01. The van der Waals surface area contributed by atoms with Crippen molar-refractivity contribution < 1.29 is 4.79 Å². The van der Waals surface area contributed by atoms with Crippen LogP contribution in [-0.2, 0) is 0 Å². The summed E-state index contributed by atoms with van der Waals surface area (Å²) >= 11 is 1.63. The highest BCUT2D eigenvalue weighted by atomic mass is 32.1. The van der Waals surface area contributed by atoms with E-state index in [1.165, 1.54) is 25.7 Å². The van der Waals surface area contributed by atoms with Crippen molar-refractivity contribution in [3.05, 3.63) is 65.2 Å². The molecule has 168 valence electrons. The molecule has 5 nitrogen and oxygen atoms in total. The topological polar surface area (TPSA) is 59.8 Å². The average Bonchev–Trinajstić information content (AvgIpc) is 3.63. The number of para-hydroxylation sites is 1. The normalized spacial score (nSPS) is 22.7. The van der Waals surface area contributed by atoms with Gasteiger partial charge in [-0.15, -0.1) is 11.3 Å². The quantitative estimate of drug-likeness (QED) is 0.400. The van der Waals surface area contributed by atoms with E-state index >= 15 is 0 Å². The van der Waals surface area contributed by atoms with Crippen molar-refractivity contribution in [1.29, 1.82) is 0 Å². The molecule has 0 unspecified atom stereocenters. The number of benzene rings is 1. The summed E-state index contributed by atoms with van der Waals surface area (Å²) in [5.74, 6) is 2.21. The Kier molecular flexibility index (Phi) is 5.06. The molecule has 4 atom stereocenters. The number of carbonyl (C=O) groups excluding carboxylic acids is 1. The number of pyridine rings is 1. The first kappa shape index (κ1) is 20.6. The van der Waals surface area contributed by atoms with Gasteiger partial charge in [-0.25, -0.2) is 9.67 Å². The van der Waals surface area contributed by atoms with Crippen molar-refractivity contribution in [2.45, 2.75) is 45.6 Å². The molecular weight excluding hydrogens is 428 g/mol. The second-order valence-corrected chi connectivity index (χ2v) is 10.6. The zero-order valence-electron chi connectivity index (χ0n) is 19.0. The highest BCUT2D eigenvalue weighted by Crippen LogP contribution is 2.49. The number of nitrogens with zero attached hydrogens (tertiary/aromatic N) is 3. The van der Waals surface area contributed by atoms with Crippen molar-refractivity contribution in [3.63, 3.8) is 0 Å². The monoisotopic (exact) mass is 456 g/mol. The number of nitrogens with one attached hydrogen (secondary N) is 1. The summed E-state index contributed by atoms with van der Waals surface area (Å²) in [7, 11) is 0. The van der Waals surface area contributed by atoms with Crippen LogP contribution in [0, 0.1) is 24.7 Å². The van der Waals surface area contributed by atoms with Gasteiger partial charge in [-0.1, -0.05) is 30.7 Å². The number of hydrogen-bond donors (Lipinski definition) is 1. The number of carbonyl (C=O) groups is 1. The average molecular weight is 457 g/mol. The Hall–Kier alpha value is -2.99. The van der Waals surface area contributed by atoms with Crippen LogP contribution in [0.15, 0.2) is 53.9 Å². The van der Waals surface area contributed by atoms with E-state index in [9.17, 15) is 4.79 Å². The molecule has 3 heterocycles. The summed E-state index contributed by atoms with van der Waals surface area (Å²) in [6.45, 7) is 4.15. The van der Waals surface area contributed by atoms with Crippen LogP contribution in [0.1, 0.15) is 48.7 Å². The molecule has 6 rings (SSSR count). The maximum atomic E-state index is 13.7. The summed E-state index contributed by atoms with van der Waals surface area (Å²) in [5.41, 5.74) is 3.96. The molecule has 2 aliphatic carbocycles. The number of fused-ring (bicyclic) bond motifs is 3. The minimum absolute atomic E-state index is 0.0220. The van der Waals surface area contributed by atoms with Crippen molar-refractivity contribution in [1.82, 2.24) is 20.1 Å². The largest absolute Gasteiger partial charge is 0.349 e. The zero-order chi connectivity index (χ0) is 22.5. The lowest BCUT2D eigenvalue weighted by Crippen LogP contribution is -2.40. The van der Waals surface area contributed by atoms with Crippen LogP contribution in [0.25, 0.3) is 27.3 Å². The Balaban J connectivity index is 1.43. The summed E-state index contributed by atoms with van der Waals surface area (Å²) < 4.78 is 1.86. The van der Waals surface area contributed by atoms with E-state index in [4.69, 9.17) is 10.1 Å². The first-order chi connectivity index (χ1) is 16.1. The maximum absolute atomic E-state index is 13.7. The van der Waals surface area contributed by atoms with Crippen molar-refractivity contribution in [2.75, 3.05) is 0 Å². The molecule has 0 aliphatic heterocycles. The molecule has 0 radical (unpaired) electrons. The Bertz CT molecular complexity index is 1310. The van der Waals surface area contributed by atoms with Gasteiger partial charge in [-0.05, 0) is 80.5 Å². The molecule has 2 saturated carbocycles. The number of rotatable bonds is 5. The summed E-state index contributed by atoms with van der Waals surface area (Å²) in [4.78, 5) is 19.7. The third-order valence-electron chi connectivity index (χ3n) is 7.63. The Morgan fingerprint density at radius 3 is 2.70 bits per heavy atom. The summed E-state index contributed by atoms with van der Waals surface area (Å²) in [6.07, 6.45) is 5.29. The van der Waals surface area contributed by atoms with Crippen molar-refractivity contribution >= 4 is 28.3 Å². The van der Waals surface area contributed by atoms with E-state index in [1.54, 1.807) is 11.3 Å². The van der Waals surface area contributed by atoms with E-state index in [1.807, 2.05) is 59.5 Å². The maximum Gasteiger partial charge on any atom is 0.252 e. The lowest BCUT2D eigenvalue weighted by atomic mass is 9.84. The van der Waals surface area contributed by atoms with Gasteiger partial charge in [0.15, 0.2) is 5.65 Å². The molecule has 3 aromatic heterocycles. The first-order valence-corrected chi connectivity index (χ1v) is 12.8. The van der Waals surface area contributed by atoms with E-state index in [2.05, 4.69) is 18.3 Å². The highest BCUT2D eigenvalue weighted by Gasteiger charge is 2.42. The van der Waals surface area contributed by atoms with Crippen LogP contribution in [-0.4, -0.2) is 26.7 Å². The Morgan fingerprint density at radius 2 is 2.00 bits per heavy atom. The minimum atomic E-state index is -0.0220. The van der Waals surface area contributed by atoms with Gasteiger partial charge < -0.3 is 5.32 Å². The second kappa shape index (κ2) is 8.10. The molecule has 2 fully saturated rings. The third kappa shape index (κ3) is 3.57. The molecule has 1 aromatic carbocycles. The molecule has 4 aromatic rings. The van der Waals surface area contributed by atoms with Crippen molar-refractivity contribution in [3.8, 4) is 16.3 Å². The SMILES string of the molecule is Cc1nn(-c2ccccc2)c2nc(-c3cccs3)cc(C(=O)N[C@@H](C)[C@@H]3C[C@@H]4CC[C@@H]3C4)c12. The van der Waals surface area contributed by atoms with Gasteiger partial charge >= 0.3 is 0 Å². The number of aromatic nitrogens is 3. The molecular formula is C27H28N4OS. The smallest absolute Gasteiger partial charge is 0.252 e. The molecule has 6 heteroatoms. The van der Waals surface area contributed by atoms with E-state index < -0.39 is 0 Å². The van der Waals surface area contributed by atoms with Gasteiger partial charge in [0.25, 0.3) is 5.91 Å². The Labute approximate surface area is 197 Å². The van der Waals surface area contributed by atoms with Gasteiger partial charge in [0, 0.05) is 6.04 Å². The van der Waals surface area contributed by atoms with Crippen LogP contribution in [0.4, 0.5) is 0 Å². The van der Waals surface area contributed by atoms with Gasteiger partial charge in [0.05, 0.1) is 32.9 Å². The fourth-order valence-electron chi connectivity index (χ4n) is 6.07.